The van der Waals surface area contributed by atoms with Gasteiger partial charge in [0.15, 0.2) is 0 Å². The van der Waals surface area contributed by atoms with Crippen molar-refractivity contribution in [3.8, 4) is 0 Å². The van der Waals surface area contributed by atoms with Crippen molar-refractivity contribution in [2.45, 2.75) is 117 Å². The Morgan fingerprint density at radius 2 is 1.85 bits per heavy atom. The highest BCUT2D eigenvalue weighted by Gasteiger charge is 2.62. The fraction of sp³-hybridized carbons (Fsp3) is 0.897. The lowest BCUT2D eigenvalue weighted by molar-refractivity contribution is -0.145. The number of aliphatic hydroxyl groups excluding tert-OH is 1. The van der Waals surface area contributed by atoms with Crippen LogP contribution in [0.15, 0.2) is 11.6 Å². The van der Waals surface area contributed by atoms with Crippen molar-refractivity contribution in [2.24, 2.45) is 46.3 Å². The number of carboxylic acid groups (broad SMARTS) is 1. The van der Waals surface area contributed by atoms with E-state index in [1.54, 1.807) is 0 Å². The average molecular weight is 461 g/mol. The van der Waals surface area contributed by atoms with Crippen LogP contribution in [0.25, 0.3) is 0 Å². The minimum atomic E-state index is -1.09. The molecule has 0 heterocycles. The summed E-state index contributed by atoms with van der Waals surface area (Å²) >= 11 is 0. The molecular weight excluding hydrogens is 412 g/mol. The second kappa shape index (κ2) is 8.97. The molecule has 9 atom stereocenters. The van der Waals surface area contributed by atoms with Gasteiger partial charge in [-0.3, -0.25) is 4.79 Å². The summed E-state index contributed by atoms with van der Waals surface area (Å²) in [5.41, 5.74) is 0.506. The molecule has 3 saturated carbocycles. The van der Waals surface area contributed by atoms with Crippen LogP contribution in [0.1, 0.15) is 105 Å². The lowest BCUT2D eigenvalue weighted by Crippen LogP contribution is -2.52. The summed E-state index contributed by atoms with van der Waals surface area (Å²) in [4.78, 5) is 11.3. The zero-order valence-corrected chi connectivity index (χ0v) is 21.6. The molecule has 0 amide bonds. The van der Waals surface area contributed by atoms with Crippen LogP contribution < -0.4 is 0 Å². The first kappa shape index (κ1) is 25.2. The molecule has 4 nitrogen and oxygen atoms in total. The standard InChI is InChI=1S/C29H48O4/c1-18(2)7-6-8-19(3)26-24(30)15-23-21-10-9-20-16-29(33,17-25(31)32)14-13-27(20,4)22(21)11-12-28(23,26)5/h9,18-19,21-24,26,30,33H,6-8,10-17H2,1-5H3,(H,31,32)/t19-,21-,22+,23+,24?,26+,27+,28+,29+/m1/s1. The zero-order valence-electron chi connectivity index (χ0n) is 21.6. The molecule has 0 aromatic heterocycles. The van der Waals surface area contributed by atoms with Crippen molar-refractivity contribution in [3.05, 3.63) is 11.6 Å². The van der Waals surface area contributed by atoms with Crippen LogP contribution in [0, 0.1) is 46.3 Å². The molecule has 0 aliphatic heterocycles. The predicted octanol–water partition coefficient (Wildman–Crippen LogP) is 6.20. The fourth-order valence-corrected chi connectivity index (χ4v) is 9.25. The molecule has 4 rings (SSSR count). The van der Waals surface area contributed by atoms with Crippen molar-refractivity contribution in [1.29, 1.82) is 0 Å². The molecule has 0 bridgehead atoms. The highest BCUT2D eigenvalue weighted by Crippen LogP contribution is 2.67. The van der Waals surface area contributed by atoms with E-state index in [-0.39, 0.29) is 23.4 Å². The summed E-state index contributed by atoms with van der Waals surface area (Å²) < 4.78 is 0. The van der Waals surface area contributed by atoms with Gasteiger partial charge in [0.05, 0.1) is 18.1 Å². The van der Waals surface area contributed by atoms with Gasteiger partial charge in [0.1, 0.15) is 0 Å². The first-order valence-electron chi connectivity index (χ1n) is 13.7. The largest absolute Gasteiger partial charge is 0.481 e. The number of rotatable bonds is 7. The Balaban J connectivity index is 1.52. The Hall–Kier alpha value is -0.870. The minimum Gasteiger partial charge on any atom is -0.481 e. The molecule has 4 heteroatoms. The van der Waals surface area contributed by atoms with E-state index in [1.165, 1.54) is 37.7 Å². The summed E-state index contributed by atoms with van der Waals surface area (Å²) in [7, 11) is 0. The number of carboxylic acids is 1. The van der Waals surface area contributed by atoms with Crippen molar-refractivity contribution in [3.63, 3.8) is 0 Å². The Morgan fingerprint density at radius 1 is 1.12 bits per heavy atom. The van der Waals surface area contributed by atoms with E-state index in [4.69, 9.17) is 0 Å². The van der Waals surface area contributed by atoms with Crippen molar-refractivity contribution >= 4 is 5.97 Å². The lowest BCUT2D eigenvalue weighted by atomic mass is 9.46. The van der Waals surface area contributed by atoms with Crippen molar-refractivity contribution < 1.29 is 20.1 Å². The molecule has 0 radical (unpaired) electrons. The van der Waals surface area contributed by atoms with Crippen molar-refractivity contribution in [1.82, 2.24) is 0 Å². The Labute approximate surface area is 201 Å². The van der Waals surface area contributed by atoms with Gasteiger partial charge in [-0.1, -0.05) is 65.5 Å². The van der Waals surface area contributed by atoms with E-state index in [0.717, 1.165) is 25.2 Å². The molecule has 4 aliphatic rings. The van der Waals surface area contributed by atoms with Gasteiger partial charge in [-0.15, -0.1) is 0 Å². The minimum absolute atomic E-state index is 0.0703. The normalized spacial score (nSPS) is 45.7. The van der Waals surface area contributed by atoms with Crippen LogP contribution in [0.3, 0.4) is 0 Å². The number of carbonyl (C=O) groups is 1. The molecule has 0 saturated heterocycles. The van der Waals surface area contributed by atoms with Gasteiger partial charge in [-0.25, -0.2) is 0 Å². The topological polar surface area (TPSA) is 77.8 Å². The maximum absolute atomic E-state index is 11.3. The van der Waals surface area contributed by atoms with Gasteiger partial charge in [-0.05, 0) is 91.3 Å². The van der Waals surface area contributed by atoms with Gasteiger partial charge in [0.2, 0.25) is 0 Å². The smallest absolute Gasteiger partial charge is 0.306 e. The number of fused-ring (bicyclic) bond motifs is 5. The van der Waals surface area contributed by atoms with Crippen molar-refractivity contribution in [2.75, 3.05) is 0 Å². The first-order chi connectivity index (χ1) is 15.4. The number of aliphatic carboxylic acids is 1. The first-order valence-corrected chi connectivity index (χ1v) is 13.7. The molecule has 1 unspecified atom stereocenters. The maximum Gasteiger partial charge on any atom is 0.306 e. The number of hydrogen-bond acceptors (Lipinski definition) is 3. The Morgan fingerprint density at radius 3 is 2.52 bits per heavy atom. The highest BCUT2D eigenvalue weighted by atomic mass is 16.4. The van der Waals surface area contributed by atoms with E-state index in [1.807, 2.05) is 0 Å². The maximum atomic E-state index is 11.3. The fourth-order valence-electron chi connectivity index (χ4n) is 9.25. The third-order valence-electron chi connectivity index (χ3n) is 10.9. The SMILES string of the molecule is CC(C)CCC[C@@H](C)[C@H]1C(O)C[C@H]2[C@@H]3CC=C4C[C@](O)(CC(=O)O)CC[C@]4(C)[C@H]3CC[C@]12C. The van der Waals surface area contributed by atoms with Crippen LogP contribution in [0.4, 0.5) is 0 Å². The van der Waals surface area contributed by atoms with E-state index in [2.05, 4.69) is 40.7 Å². The second-order valence-corrected chi connectivity index (χ2v) is 13.4. The highest BCUT2D eigenvalue weighted by molar-refractivity contribution is 5.68. The molecule has 188 valence electrons. The van der Waals surface area contributed by atoms with Gasteiger partial charge in [0.25, 0.3) is 0 Å². The molecular formula is C29H48O4. The molecule has 3 N–H and O–H groups in total. The molecule has 4 aliphatic carbocycles. The van der Waals surface area contributed by atoms with Crippen LogP contribution in [-0.2, 0) is 4.79 Å². The Bertz CT molecular complexity index is 774. The molecule has 0 spiro atoms. The quantitative estimate of drug-likeness (QED) is 0.395. The van der Waals surface area contributed by atoms with E-state index in [0.29, 0.717) is 42.4 Å². The molecule has 33 heavy (non-hydrogen) atoms. The number of allylic oxidation sites excluding steroid dienone is 1. The number of aliphatic hydroxyl groups is 2. The van der Waals surface area contributed by atoms with Gasteiger partial charge in [0, 0.05) is 0 Å². The monoisotopic (exact) mass is 460 g/mol. The summed E-state index contributed by atoms with van der Waals surface area (Å²) in [6.45, 7) is 11.9. The predicted molar refractivity (Wildman–Crippen MR) is 132 cm³/mol. The van der Waals surface area contributed by atoms with Crippen LogP contribution in [-0.4, -0.2) is 33.0 Å². The summed E-state index contributed by atoms with van der Waals surface area (Å²) in [6.07, 6.45) is 12.1. The van der Waals surface area contributed by atoms with Gasteiger partial charge < -0.3 is 15.3 Å². The van der Waals surface area contributed by atoms with Gasteiger partial charge in [-0.2, -0.15) is 0 Å². The lowest BCUT2D eigenvalue weighted by Gasteiger charge is -2.59. The molecule has 0 aromatic carbocycles. The van der Waals surface area contributed by atoms with Crippen LogP contribution in [0.2, 0.25) is 0 Å². The summed E-state index contributed by atoms with van der Waals surface area (Å²) in [6, 6.07) is 0. The summed E-state index contributed by atoms with van der Waals surface area (Å²) in [5, 5.41) is 31.5. The molecule has 3 fully saturated rings. The Kier molecular flexibility index (Phi) is 6.86. The van der Waals surface area contributed by atoms with Crippen LogP contribution >= 0.6 is 0 Å². The van der Waals surface area contributed by atoms with E-state index < -0.39 is 11.6 Å². The van der Waals surface area contributed by atoms with E-state index >= 15 is 0 Å². The van der Waals surface area contributed by atoms with E-state index in [9.17, 15) is 20.1 Å². The van der Waals surface area contributed by atoms with Crippen LogP contribution in [0.5, 0.6) is 0 Å². The van der Waals surface area contributed by atoms with Gasteiger partial charge >= 0.3 is 5.97 Å². The average Bonchev–Trinajstić information content (AvgIpc) is 2.97. The molecule has 0 aromatic rings. The third kappa shape index (κ3) is 4.44. The third-order valence-corrected chi connectivity index (χ3v) is 10.9. The zero-order chi connectivity index (χ0) is 24.2. The summed E-state index contributed by atoms with van der Waals surface area (Å²) in [5.74, 6) is 2.57. The second-order valence-electron chi connectivity index (χ2n) is 13.4. The number of hydrogen-bond donors (Lipinski definition) is 3.